The summed E-state index contributed by atoms with van der Waals surface area (Å²) in [6.45, 7) is 2.65. The summed E-state index contributed by atoms with van der Waals surface area (Å²) in [5.41, 5.74) is 2.76. The van der Waals surface area contributed by atoms with Gasteiger partial charge in [-0.2, -0.15) is 0 Å². The van der Waals surface area contributed by atoms with Gasteiger partial charge in [0.2, 0.25) is 11.8 Å². The molecule has 1 aliphatic heterocycles. The molecule has 118 valence electrons. The third-order valence-corrected chi connectivity index (χ3v) is 4.19. The maximum Gasteiger partial charge on any atom is 0.239 e. The van der Waals surface area contributed by atoms with Crippen LogP contribution in [0.4, 0.5) is 11.4 Å². The molecule has 1 N–H and O–H groups in total. The lowest BCUT2D eigenvalue weighted by Crippen LogP contribution is -2.33. The lowest BCUT2D eigenvalue weighted by molar-refractivity contribution is -0.129. The van der Waals surface area contributed by atoms with Crippen molar-refractivity contribution in [2.24, 2.45) is 5.92 Å². The van der Waals surface area contributed by atoms with E-state index in [9.17, 15) is 9.59 Å². The van der Waals surface area contributed by atoms with Gasteiger partial charge in [-0.3, -0.25) is 9.59 Å². The molecule has 2 aromatic rings. The standard InChI is InChI=1S/C19H20N2O2/c1-2-14-7-6-8-15(13-14)20-18(22)17-11-12-21(19(17)23)16-9-4-3-5-10-16/h3-10,13,17H,2,11-12H2,1H3,(H,20,22). The van der Waals surface area contributed by atoms with Crippen molar-refractivity contribution in [3.05, 3.63) is 60.2 Å². The molecule has 1 aliphatic rings. The second kappa shape index (κ2) is 6.65. The maximum absolute atomic E-state index is 12.5. The van der Waals surface area contributed by atoms with E-state index in [1.807, 2.05) is 54.6 Å². The van der Waals surface area contributed by atoms with E-state index in [2.05, 4.69) is 12.2 Å². The van der Waals surface area contributed by atoms with Gasteiger partial charge in [0.1, 0.15) is 5.92 Å². The summed E-state index contributed by atoms with van der Waals surface area (Å²) in [4.78, 5) is 26.7. The highest BCUT2D eigenvalue weighted by atomic mass is 16.2. The van der Waals surface area contributed by atoms with Gasteiger partial charge in [-0.25, -0.2) is 0 Å². The van der Waals surface area contributed by atoms with Gasteiger partial charge >= 0.3 is 0 Å². The van der Waals surface area contributed by atoms with Gasteiger partial charge in [-0.1, -0.05) is 37.3 Å². The zero-order valence-corrected chi connectivity index (χ0v) is 13.2. The highest BCUT2D eigenvalue weighted by molar-refractivity contribution is 6.13. The molecule has 0 radical (unpaired) electrons. The van der Waals surface area contributed by atoms with Crippen molar-refractivity contribution in [1.82, 2.24) is 0 Å². The number of nitrogens with one attached hydrogen (secondary N) is 1. The Labute approximate surface area is 136 Å². The Morgan fingerprint density at radius 2 is 1.96 bits per heavy atom. The summed E-state index contributed by atoms with van der Waals surface area (Å²) in [5.74, 6) is -0.956. The minimum atomic E-state index is -0.611. The number of benzene rings is 2. The van der Waals surface area contributed by atoms with Crippen LogP contribution in [0.5, 0.6) is 0 Å². The van der Waals surface area contributed by atoms with Crippen LogP contribution in [0.2, 0.25) is 0 Å². The Hall–Kier alpha value is -2.62. The second-order valence-electron chi connectivity index (χ2n) is 5.71. The number of amides is 2. The van der Waals surface area contributed by atoms with Gasteiger partial charge in [-0.05, 0) is 42.7 Å². The second-order valence-corrected chi connectivity index (χ2v) is 5.71. The predicted octanol–water partition coefficient (Wildman–Crippen LogP) is 3.24. The van der Waals surface area contributed by atoms with Crippen molar-refractivity contribution in [3.8, 4) is 0 Å². The number of para-hydroxylation sites is 1. The van der Waals surface area contributed by atoms with Crippen LogP contribution >= 0.6 is 0 Å². The highest BCUT2D eigenvalue weighted by Crippen LogP contribution is 2.26. The Morgan fingerprint density at radius 3 is 2.70 bits per heavy atom. The van der Waals surface area contributed by atoms with Gasteiger partial charge in [0, 0.05) is 17.9 Å². The average Bonchev–Trinajstić information content (AvgIpc) is 2.97. The van der Waals surface area contributed by atoms with Crippen molar-refractivity contribution in [3.63, 3.8) is 0 Å². The minimum Gasteiger partial charge on any atom is -0.325 e. The van der Waals surface area contributed by atoms with E-state index in [0.717, 1.165) is 23.4 Å². The fraction of sp³-hybridized carbons (Fsp3) is 0.263. The average molecular weight is 308 g/mol. The van der Waals surface area contributed by atoms with E-state index >= 15 is 0 Å². The highest BCUT2D eigenvalue weighted by Gasteiger charge is 2.37. The summed E-state index contributed by atoms with van der Waals surface area (Å²) < 4.78 is 0. The Bertz CT molecular complexity index is 712. The molecule has 4 heteroatoms. The summed E-state index contributed by atoms with van der Waals surface area (Å²) in [6.07, 6.45) is 1.46. The number of rotatable bonds is 4. The molecule has 1 atom stereocenters. The first-order valence-electron chi connectivity index (χ1n) is 7.95. The molecule has 3 rings (SSSR count). The van der Waals surface area contributed by atoms with Crippen LogP contribution in [0.15, 0.2) is 54.6 Å². The van der Waals surface area contributed by atoms with Gasteiger partial charge in [0.15, 0.2) is 0 Å². The molecule has 1 fully saturated rings. The Kier molecular flexibility index (Phi) is 4.42. The molecular weight excluding hydrogens is 288 g/mol. The van der Waals surface area contributed by atoms with Crippen molar-refractivity contribution >= 4 is 23.2 Å². The van der Waals surface area contributed by atoms with Crippen molar-refractivity contribution in [2.75, 3.05) is 16.8 Å². The molecule has 0 saturated carbocycles. The largest absolute Gasteiger partial charge is 0.325 e. The van der Waals surface area contributed by atoms with Crippen LogP contribution in [0, 0.1) is 5.92 Å². The summed E-state index contributed by atoms with van der Waals surface area (Å²) in [5, 5.41) is 2.87. The van der Waals surface area contributed by atoms with E-state index in [-0.39, 0.29) is 11.8 Å². The molecule has 23 heavy (non-hydrogen) atoms. The van der Waals surface area contributed by atoms with Crippen molar-refractivity contribution in [1.29, 1.82) is 0 Å². The fourth-order valence-corrected chi connectivity index (χ4v) is 2.89. The third kappa shape index (κ3) is 3.26. The predicted molar refractivity (Wildman–Crippen MR) is 91.4 cm³/mol. The molecule has 1 heterocycles. The number of hydrogen-bond donors (Lipinski definition) is 1. The lowest BCUT2D eigenvalue weighted by Gasteiger charge is -2.16. The van der Waals surface area contributed by atoms with Gasteiger partial charge < -0.3 is 10.2 Å². The van der Waals surface area contributed by atoms with Crippen LogP contribution in [0.3, 0.4) is 0 Å². The number of anilines is 2. The zero-order valence-electron chi connectivity index (χ0n) is 13.2. The van der Waals surface area contributed by atoms with E-state index in [1.54, 1.807) is 4.90 Å². The first-order valence-corrected chi connectivity index (χ1v) is 7.95. The van der Waals surface area contributed by atoms with Crippen LogP contribution in [-0.2, 0) is 16.0 Å². The number of aryl methyl sites for hydroxylation is 1. The fourth-order valence-electron chi connectivity index (χ4n) is 2.89. The third-order valence-electron chi connectivity index (χ3n) is 4.19. The minimum absolute atomic E-state index is 0.125. The number of carbonyl (C=O) groups is 2. The molecule has 0 aliphatic carbocycles. The van der Waals surface area contributed by atoms with E-state index in [4.69, 9.17) is 0 Å². The number of nitrogens with zero attached hydrogens (tertiary/aromatic N) is 1. The molecular formula is C19H20N2O2. The molecule has 4 nitrogen and oxygen atoms in total. The smallest absolute Gasteiger partial charge is 0.239 e. The Balaban J connectivity index is 1.70. The Morgan fingerprint density at radius 1 is 1.17 bits per heavy atom. The van der Waals surface area contributed by atoms with Crippen LogP contribution in [0.25, 0.3) is 0 Å². The lowest BCUT2D eigenvalue weighted by atomic mass is 10.1. The van der Waals surface area contributed by atoms with E-state index in [0.29, 0.717) is 13.0 Å². The van der Waals surface area contributed by atoms with Crippen molar-refractivity contribution in [2.45, 2.75) is 19.8 Å². The van der Waals surface area contributed by atoms with Crippen molar-refractivity contribution < 1.29 is 9.59 Å². The van der Waals surface area contributed by atoms with Crippen LogP contribution in [-0.4, -0.2) is 18.4 Å². The number of hydrogen-bond acceptors (Lipinski definition) is 2. The summed E-state index contributed by atoms with van der Waals surface area (Å²) >= 11 is 0. The SMILES string of the molecule is CCc1cccc(NC(=O)C2CCN(c3ccccc3)C2=O)c1. The molecule has 0 spiro atoms. The molecule has 0 bridgehead atoms. The van der Waals surface area contributed by atoms with Gasteiger partial charge in [0.25, 0.3) is 0 Å². The molecule has 1 unspecified atom stereocenters. The van der Waals surface area contributed by atoms with Gasteiger partial charge in [0.05, 0.1) is 0 Å². The number of carbonyl (C=O) groups excluding carboxylic acids is 2. The molecule has 2 aromatic carbocycles. The van der Waals surface area contributed by atoms with Gasteiger partial charge in [-0.15, -0.1) is 0 Å². The van der Waals surface area contributed by atoms with E-state index < -0.39 is 5.92 Å². The van der Waals surface area contributed by atoms with E-state index in [1.165, 1.54) is 0 Å². The quantitative estimate of drug-likeness (QED) is 0.882. The van der Waals surface area contributed by atoms with Crippen LogP contribution < -0.4 is 10.2 Å². The molecule has 2 amide bonds. The molecule has 0 aromatic heterocycles. The zero-order chi connectivity index (χ0) is 16.2. The maximum atomic E-state index is 12.5. The molecule has 1 saturated heterocycles. The topological polar surface area (TPSA) is 49.4 Å². The van der Waals surface area contributed by atoms with Crippen LogP contribution in [0.1, 0.15) is 18.9 Å². The first-order chi connectivity index (χ1) is 11.2. The normalized spacial score (nSPS) is 17.3. The summed E-state index contributed by atoms with van der Waals surface area (Å²) in [6, 6.07) is 17.2. The first kappa shape index (κ1) is 15.3. The summed E-state index contributed by atoms with van der Waals surface area (Å²) in [7, 11) is 0. The monoisotopic (exact) mass is 308 g/mol.